The molecule has 3 heteroatoms. The van der Waals surface area contributed by atoms with Gasteiger partial charge in [0.2, 0.25) is 0 Å². The van der Waals surface area contributed by atoms with Crippen LogP contribution in [0.1, 0.15) is 18.7 Å². The van der Waals surface area contributed by atoms with Gasteiger partial charge in [-0.1, -0.05) is 44.2 Å². The highest BCUT2D eigenvalue weighted by atomic mass is 32.1. The van der Waals surface area contributed by atoms with Gasteiger partial charge in [0.15, 0.2) is 0 Å². The van der Waals surface area contributed by atoms with Gasteiger partial charge in [0, 0.05) is 24.5 Å². The van der Waals surface area contributed by atoms with Crippen LogP contribution < -0.4 is 5.32 Å². The Labute approximate surface area is 126 Å². The lowest BCUT2D eigenvalue weighted by molar-refractivity contribution is 0.302. The molecule has 0 aliphatic heterocycles. The molecule has 0 atom stereocenters. The van der Waals surface area contributed by atoms with Crippen LogP contribution in [0.4, 0.5) is 0 Å². The molecule has 1 aromatic carbocycles. The molecular weight excluding hydrogens is 264 g/mol. The van der Waals surface area contributed by atoms with Crippen molar-refractivity contribution in [2.24, 2.45) is 0 Å². The van der Waals surface area contributed by atoms with E-state index in [1.807, 2.05) is 11.3 Å². The van der Waals surface area contributed by atoms with E-state index < -0.39 is 0 Å². The number of hydrogen-bond acceptors (Lipinski definition) is 3. The predicted octanol–water partition coefficient (Wildman–Crippen LogP) is 3.85. The van der Waals surface area contributed by atoms with E-state index in [4.69, 9.17) is 0 Å². The first kappa shape index (κ1) is 15.2. The Morgan fingerprint density at radius 1 is 1.05 bits per heavy atom. The summed E-state index contributed by atoms with van der Waals surface area (Å²) in [5.74, 6) is 0. The molecule has 0 aliphatic carbocycles. The third kappa shape index (κ3) is 4.44. The van der Waals surface area contributed by atoms with Crippen LogP contribution in [0.25, 0.3) is 11.1 Å². The zero-order chi connectivity index (χ0) is 14.2. The number of nitrogens with one attached hydrogen (secondary N) is 1. The van der Waals surface area contributed by atoms with Crippen molar-refractivity contribution in [2.75, 3.05) is 26.2 Å². The number of benzene rings is 1. The van der Waals surface area contributed by atoms with Crippen molar-refractivity contribution in [3.63, 3.8) is 0 Å². The van der Waals surface area contributed by atoms with Crippen LogP contribution in [0.3, 0.4) is 0 Å². The van der Waals surface area contributed by atoms with Crippen molar-refractivity contribution in [1.29, 1.82) is 0 Å². The van der Waals surface area contributed by atoms with Gasteiger partial charge < -0.3 is 10.2 Å². The Kier molecular flexibility index (Phi) is 6.25. The Morgan fingerprint density at radius 3 is 2.50 bits per heavy atom. The molecule has 0 spiro atoms. The van der Waals surface area contributed by atoms with Crippen molar-refractivity contribution in [1.82, 2.24) is 10.2 Å². The lowest BCUT2D eigenvalue weighted by Gasteiger charge is -2.17. The fourth-order valence-electron chi connectivity index (χ4n) is 2.24. The summed E-state index contributed by atoms with van der Waals surface area (Å²) in [6, 6.07) is 12.9. The summed E-state index contributed by atoms with van der Waals surface area (Å²) >= 11 is 1.84. The second-order valence-electron chi connectivity index (χ2n) is 4.87. The van der Waals surface area contributed by atoms with Gasteiger partial charge in [0.25, 0.3) is 0 Å². The minimum absolute atomic E-state index is 0.971. The minimum Gasteiger partial charge on any atom is -0.311 e. The van der Waals surface area contributed by atoms with Gasteiger partial charge in [-0.3, -0.25) is 0 Å². The minimum atomic E-state index is 0.971. The van der Waals surface area contributed by atoms with Gasteiger partial charge in [-0.05, 0) is 35.7 Å². The van der Waals surface area contributed by atoms with Crippen molar-refractivity contribution in [2.45, 2.75) is 20.4 Å². The van der Waals surface area contributed by atoms with Crippen molar-refractivity contribution in [3.05, 3.63) is 46.7 Å². The topological polar surface area (TPSA) is 15.3 Å². The fraction of sp³-hybridized carbons (Fsp3) is 0.412. The van der Waals surface area contributed by atoms with Crippen LogP contribution in [0.15, 0.2) is 41.8 Å². The zero-order valence-corrected chi connectivity index (χ0v) is 13.2. The first-order chi connectivity index (χ1) is 9.83. The van der Waals surface area contributed by atoms with E-state index in [1.54, 1.807) is 0 Å². The van der Waals surface area contributed by atoms with E-state index in [-0.39, 0.29) is 0 Å². The summed E-state index contributed by atoms with van der Waals surface area (Å²) in [5.41, 5.74) is 2.63. The number of rotatable bonds is 8. The van der Waals surface area contributed by atoms with E-state index in [2.05, 4.69) is 65.8 Å². The molecule has 0 fully saturated rings. The third-order valence-electron chi connectivity index (χ3n) is 3.56. The van der Waals surface area contributed by atoms with Crippen molar-refractivity contribution in [3.8, 4) is 11.1 Å². The summed E-state index contributed by atoms with van der Waals surface area (Å²) < 4.78 is 0. The molecule has 1 N–H and O–H groups in total. The highest BCUT2D eigenvalue weighted by Gasteiger charge is 2.02. The van der Waals surface area contributed by atoms with E-state index >= 15 is 0 Å². The monoisotopic (exact) mass is 288 g/mol. The number of likely N-dealkylation sites (N-methyl/N-ethyl adjacent to an activating group) is 1. The fourth-order valence-corrected chi connectivity index (χ4v) is 3.11. The van der Waals surface area contributed by atoms with E-state index in [0.717, 1.165) is 32.7 Å². The maximum Gasteiger partial charge on any atom is 0.0300 e. The molecular formula is C17H24N2S. The zero-order valence-electron chi connectivity index (χ0n) is 12.4. The van der Waals surface area contributed by atoms with E-state index in [9.17, 15) is 0 Å². The molecule has 108 valence electrons. The number of nitrogens with zero attached hydrogens (tertiary/aromatic N) is 1. The second kappa shape index (κ2) is 8.20. The van der Waals surface area contributed by atoms with Crippen LogP contribution in [0.2, 0.25) is 0 Å². The molecule has 0 bridgehead atoms. The average molecular weight is 288 g/mol. The molecule has 2 nitrogen and oxygen atoms in total. The van der Waals surface area contributed by atoms with Crippen LogP contribution in [-0.2, 0) is 6.54 Å². The molecule has 2 rings (SSSR count). The molecule has 2 aromatic rings. The summed E-state index contributed by atoms with van der Waals surface area (Å²) in [5, 5.41) is 5.78. The molecule has 0 saturated heterocycles. The average Bonchev–Trinajstić information content (AvgIpc) is 2.97. The molecule has 20 heavy (non-hydrogen) atoms. The van der Waals surface area contributed by atoms with Crippen molar-refractivity contribution >= 4 is 11.3 Å². The van der Waals surface area contributed by atoms with Crippen LogP contribution in [0, 0.1) is 0 Å². The van der Waals surface area contributed by atoms with Crippen LogP contribution in [-0.4, -0.2) is 31.1 Å². The normalized spacial score (nSPS) is 11.2. The Balaban J connectivity index is 1.79. The number of thiophene rings is 1. The molecule has 0 saturated carbocycles. The predicted molar refractivity (Wildman–Crippen MR) is 89.2 cm³/mol. The van der Waals surface area contributed by atoms with Crippen molar-refractivity contribution < 1.29 is 0 Å². The van der Waals surface area contributed by atoms with E-state index in [0.29, 0.717) is 0 Å². The highest BCUT2D eigenvalue weighted by Crippen LogP contribution is 2.25. The standard InChI is InChI=1S/C17H24N2S/c1-3-19(4-2)11-10-18-13-17-12-16(14-20-17)15-8-6-5-7-9-15/h5-9,12,14,18H,3-4,10-11,13H2,1-2H3. The van der Waals surface area contributed by atoms with Gasteiger partial charge in [-0.2, -0.15) is 0 Å². The summed E-state index contributed by atoms with van der Waals surface area (Å²) in [6.07, 6.45) is 0. The lowest BCUT2D eigenvalue weighted by Crippen LogP contribution is -2.31. The first-order valence-corrected chi connectivity index (χ1v) is 8.27. The van der Waals surface area contributed by atoms with Gasteiger partial charge in [0.1, 0.15) is 0 Å². The Bertz CT molecular complexity index is 489. The van der Waals surface area contributed by atoms with Crippen LogP contribution in [0.5, 0.6) is 0 Å². The number of hydrogen-bond donors (Lipinski definition) is 1. The van der Waals surface area contributed by atoms with Gasteiger partial charge in [-0.25, -0.2) is 0 Å². The smallest absolute Gasteiger partial charge is 0.0300 e. The Morgan fingerprint density at radius 2 is 1.80 bits per heavy atom. The molecule has 1 heterocycles. The second-order valence-corrected chi connectivity index (χ2v) is 5.87. The highest BCUT2D eigenvalue weighted by molar-refractivity contribution is 7.10. The quantitative estimate of drug-likeness (QED) is 0.742. The first-order valence-electron chi connectivity index (χ1n) is 7.39. The van der Waals surface area contributed by atoms with Gasteiger partial charge in [0.05, 0.1) is 0 Å². The van der Waals surface area contributed by atoms with Gasteiger partial charge in [-0.15, -0.1) is 11.3 Å². The lowest BCUT2D eigenvalue weighted by atomic mass is 10.1. The van der Waals surface area contributed by atoms with E-state index in [1.165, 1.54) is 16.0 Å². The van der Waals surface area contributed by atoms with Crippen LogP contribution >= 0.6 is 11.3 Å². The largest absolute Gasteiger partial charge is 0.311 e. The molecule has 0 aliphatic rings. The maximum absolute atomic E-state index is 3.53. The molecule has 0 radical (unpaired) electrons. The van der Waals surface area contributed by atoms with Gasteiger partial charge >= 0.3 is 0 Å². The third-order valence-corrected chi connectivity index (χ3v) is 4.50. The summed E-state index contributed by atoms with van der Waals surface area (Å²) in [7, 11) is 0. The molecule has 1 aromatic heterocycles. The SMILES string of the molecule is CCN(CC)CCNCc1cc(-c2ccccc2)cs1. The summed E-state index contributed by atoms with van der Waals surface area (Å²) in [4.78, 5) is 3.85. The molecule has 0 amide bonds. The maximum atomic E-state index is 3.53. The molecule has 0 unspecified atom stereocenters. The summed E-state index contributed by atoms with van der Waals surface area (Å²) in [6.45, 7) is 9.86. The Hall–Kier alpha value is -1.16.